The van der Waals surface area contributed by atoms with Gasteiger partial charge >= 0.3 is 0 Å². The highest BCUT2D eigenvalue weighted by molar-refractivity contribution is 7.15. The molecular formula is C18H17FN4O2S. The molecule has 2 amide bonds. The van der Waals surface area contributed by atoms with Crippen LogP contribution in [0.2, 0.25) is 0 Å². The first kappa shape index (κ1) is 16.7. The molecule has 3 heterocycles. The molecule has 2 aromatic heterocycles. The van der Waals surface area contributed by atoms with Crippen molar-refractivity contribution in [2.75, 3.05) is 13.1 Å². The lowest BCUT2D eigenvalue weighted by molar-refractivity contribution is -0.127. The molecule has 0 aliphatic carbocycles. The first-order valence-corrected chi connectivity index (χ1v) is 9.27. The minimum atomic E-state index is -0.453. The summed E-state index contributed by atoms with van der Waals surface area (Å²) in [6.07, 6.45) is 2.34. The molecule has 3 aromatic rings. The molecule has 1 N–H and O–H groups in total. The van der Waals surface area contributed by atoms with Crippen molar-refractivity contribution in [3.05, 3.63) is 47.4 Å². The second-order valence-corrected chi connectivity index (χ2v) is 6.96. The third kappa shape index (κ3) is 2.76. The standard InChI is InChI=1S/C18H17FN4O2S/c1-2-14-16(24)20-7-8-22(14)17(25)15-10-26-18-21-13(9-23(15)18)11-3-5-12(19)6-4-11/h3-6,9-10,14H,2,7-8H2,1H3,(H,20,24)/t14-/m1/s1. The summed E-state index contributed by atoms with van der Waals surface area (Å²) in [6.45, 7) is 2.84. The van der Waals surface area contributed by atoms with Crippen molar-refractivity contribution in [2.24, 2.45) is 0 Å². The summed E-state index contributed by atoms with van der Waals surface area (Å²) in [5, 5.41) is 4.56. The Balaban J connectivity index is 1.69. The van der Waals surface area contributed by atoms with E-state index in [4.69, 9.17) is 0 Å². The highest BCUT2D eigenvalue weighted by atomic mass is 32.1. The van der Waals surface area contributed by atoms with Crippen LogP contribution >= 0.6 is 11.3 Å². The average Bonchev–Trinajstić information content (AvgIpc) is 3.22. The van der Waals surface area contributed by atoms with Crippen LogP contribution in [0.1, 0.15) is 23.8 Å². The summed E-state index contributed by atoms with van der Waals surface area (Å²) in [7, 11) is 0. The summed E-state index contributed by atoms with van der Waals surface area (Å²) in [6, 6.07) is 5.63. The van der Waals surface area contributed by atoms with E-state index >= 15 is 0 Å². The third-order valence-corrected chi connectivity index (χ3v) is 5.39. The van der Waals surface area contributed by atoms with E-state index in [9.17, 15) is 14.0 Å². The predicted molar refractivity (Wildman–Crippen MR) is 96.6 cm³/mol. The zero-order valence-electron chi connectivity index (χ0n) is 14.1. The van der Waals surface area contributed by atoms with Gasteiger partial charge in [-0.25, -0.2) is 9.37 Å². The van der Waals surface area contributed by atoms with E-state index < -0.39 is 6.04 Å². The third-order valence-electron chi connectivity index (χ3n) is 4.55. The molecule has 8 heteroatoms. The van der Waals surface area contributed by atoms with Gasteiger partial charge in [-0.05, 0) is 30.7 Å². The van der Waals surface area contributed by atoms with E-state index in [2.05, 4.69) is 10.3 Å². The van der Waals surface area contributed by atoms with Crippen molar-refractivity contribution in [1.82, 2.24) is 19.6 Å². The Hall–Kier alpha value is -2.74. The zero-order valence-corrected chi connectivity index (χ0v) is 14.9. The van der Waals surface area contributed by atoms with Crippen molar-refractivity contribution in [1.29, 1.82) is 0 Å². The van der Waals surface area contributed by atoms with Crippen LogP contribution in [0.5, 0.6) is 0 Å². The molecule has 1 atom stereocenters. The van der Waals surface area contributed by atoms with Gasteiger partial charge < -0.3 is 10.2 Å². The maximum absolute atomic E-state index is 13.1. The average molecular weight is 372 g/mol. The fourth-order valence-electron chi connectivity index (χ4n) is 3.21. The summed E-state index contributed by atoms with van der Waals surface area (Å²) >= 11 is 1.36. The van der Waals surface area contributed by atoms with E-state index in [0.717, 1.165) is 5.56 Å². The number of fused-ring (bicyclic) bond motifs is 1. The van der Waals surface area contributed by atoms with Crippen molar-refractivity contribution in [3.63, 3.8) is 0 Å². The van der Waals surface area contributed by atoms with Crippen LogP contribution < -0.4 is 5.32 Å². The Kier molecular flexibility index (Phi) is 4.20. The fraction of sp³-hybridized carbons (Fsp3) is 0.278. The lowest BCUT2D eigenvalue weighted by Crippen LogP contribution is -2.57. The minimum absolute atomic E-state index is 0.115. The normalized spacial score (nSPS) is 17.5. The topological polar surface area (TPSA) is 66.7 Å². The molecule has 0 radical (unpaired) electrons. The van der Waals surface area contributed by atoms with E-state index in [0.29, 0.717) is 35.9 Å². The number of imidazole rings is 1. The molecule has 1 aromatic carbocycles. The first-order chi connectivity index (χ1) is 12.6. The van der Waals surface area contributed by atoms with Crippen molar-refractivity contribution in [2.45, 2.75) is 19.4 Å². The van der Waals surface area contributed by atoms with Crippen LogP contribution in [0.25, 0.3) is 16.2 Å². The summed E-state index contributed by atoms with van der Waals surface area (Å²) in [5.74, 6) is -0.600. The van der Waals surface area contributed by atoms with Gasteiger partial charge in [-0.3, -0.25) is 14.0 Å². The van der Waals surface area contributed by atoms with Crippen molar-refractivity contribution < 1.29 is 14.0 Å². The molecule has 6 nitrogen and oxygen atoms in total. The SMILES string of the molecule is CC[C@@H]1C(=O)NCCN1C(=O)c1csc2nc(-c3ccc(F)cc3)cn12. The van der Waals surface area contributed by atoms with Crippen molar-refractivity contribution >= 4 is 28.1 Å². The van der Waals surface area contributed by atoms with E-state index in [1.54, 1.807) is 33.0 Å². The van der Waals surface area contributed by atoms with Crippen LogP contribution in [0, 0.1) is 5.82 Å². The Bertz CT molecular complexity index is 979. The maximum atomic E-state index is 13.1. The number of carbonyl (C=O) groups is 2. The number of nitrogens with zero attached hydrogens (tertiary/aromatic N) is 3. The molecule has 0 spiro atoms. The summed E-state index contributed by atoms with van der Waals surface area (Å²) in [5.41, 5.74) is 1.94. The maximum Gasteiger partial charge on any atom is 0.272 e. The van der Waals surface area contributed by atoms with Gasteiger partial charge in [0.25, 0.3) is 5.91 Å². The molecule has 4 rings (SSSR count). The number of rotatable bonds is 3. The zero-order chi connectivity index (χ0) is 18.3. The monoisotopic (exact) mass is 372 g/mol. The van der Waals surface area contributed by atoms with Gasteiger partial charge in [-0.15, -0.1) is 11.3 Å². The summed E-state index contributed by atoms with van der Waals surface area (Å²) in [4.78, 5) is 31.9. The van der Waals surface area contributed by atoms with Crippen LogP contribution in [0.4, 0.5) is 4.39 Å². The molecule has 26 heavy (non-hydrogen) atoms. The molecule has 0 unspecified atom stereocenters. The Morgan fingerprint density at radius 1 is 1.38 bits per heavy atom. The van der Waals surface area contributed by atoms with Gasteiger partial charge in [0.15, 0.2) is 4.96 Å². The van der Waals surface area contributed by atoms with E-state index in [1.807, 2.05) is 6.92 Å². The smallest absolute Gasteiger partial charge is 0.272 e. The highest BCUT2D eigenvalue weighted by Gasteiger charge is 2.33. The number of halogens is 1. The van der Waals surface area contributed by atoms with Gasteiger partial charge in [0.1, 0.15) is 17.6 Å². The lowest BCUT2D eigenvalue weighted by atomic mass is 10.1. The molecule has 1 aliphatic rings. The first-order valence-electron chi connectivity index (χ1n) is 8.39. The predicted octanol–water partition coefficient (Wildman–Crippen LogP) is 2.55. The number of amides is 2. The van der Waals surface area contributed by atoms with Crippen LogP contribution in [0.15, 0.2) is 35.8 Å². The number of hydrogen-bond acceptors (Lipinski definition) is 4. The Morgan fingerprint density at radius 3 is 2.88 bits per heavy atom. The number of nitrogens with one attached hydrogen (secondary N) is 1. The number of benzene rings is 1. The van der Waals surface area contributed by atoms with Crippen LogP contribution in [-0.4, -0.2) is 45.2 Å². The molecular weight excluding hydrogens is 355 g/mol. The van der Waals surface area contributed by atoms with Gasteiger partial charge in [0, 0.05) is 30.2 Å². The van der Waals surface area contributed by atoms with E-state index in [-0.39, 0.29) is 17.6 Å². The second kappa shape index (κ2) is 6.53. The number of thiazole rings is 1. The number of piperazine rings is 1. The van der Waals surface area contributed by atoms with Gasteiger partial charge in [-0.1, -0.05) is 6.92 Å². The van der Waals surface area contributed by atoms with Crippen LogP contribution in [0.3, 0.4) is 0 Å². The van der Waals surface area contributed by atoms with Gasteiger partial charge in [0.05, 0.1) is 5.69 Å². The Labute approximate surface area is 153 Å². The number of hydrogen-bond donors (Lipinski definition) is 1. The minimum Gasteiger partial charge on any atom is -0.353 e. The van der Waals surface area contributed by atoms with Gasteiger partial charge in [-0.2, -0.15) is 0 Å². The second-order valence-electron chi connectivity index (χ2n) is 6.12. The lowest BCUT2D eigenvalue weighted by Gasteiger charge is -2.34. The molecule has 1 saturated heterocycles. The quantitative estimate of drug-likeness (QED) is 0.768. The number of carbonyl (C=O) groups excluding carboxylic acids is 2. The van der Waals surface area contributed by atoms with Gasteiger partial charge in [0.2, 0.25) is 5.91 Å². The molecule has 134 valence electrons. The van der Waals surface area contributed by atoms with Crippen molar-refractivity contribution in [3.8, 4) is 11.3 Å². The summed E-state index contributed by atoms with van der Waals surface area (Å²) < 4.78 is 14.9. The van der Waals surface area contributed by atoms with Crippen LogP contribution in [-0.2, 0) is 4.79 Å². The fourth-order valence-corrected chi connectivity index (χ4v) is 4.06. The largest absolute Gasteiger partial charge is 0.353 e. The molecule has 0 saturated carbocycles. The molecule has 0 bridgehead atoms. The molecule has 1 aliphatic heterocycles. The highest BCUT2D eigenvalue weighted by Crippen LogP contribution is 2.25. The Morgan fingerprint density at radius 2 is 2.15 bits per heavy atom. The molecule has 1 fully saturated rings. The number of aromatic nitrogens is 2. The van der Waals surface area contributed by atoms with E-state index in [1.165, 1.54) is 23.5 Å².